The zero-order chi connectivity index (χ0) is 22.9. The molecule has 7 heteroatoms. The highest BCUT2D eigenvalue weighted by Crippen LogP contribution is 2.25. The number of amides is 1. The molecule has 0 spiro atoms. The number of nitrogens with zero attached hydrogens (tertiary/aromatic N) is 3. The van der Waals surface area contributed by atoms with Crippen molar-refractivity contribution < 1.29 is 9.59 Å². The van der Waals surface area contributed by atoms with E-state index in [1.165, 1.54) is 11.8 Å². The van der Waals surface area contributed by atoms with Gasteiger partial charge in [0.15, 0.2) is 5.16 Å². The van der Waals surface area contributed by atoms with Crippen LogP contribution in [0.1, 0.15) is 44.0 Å². The molecule has 0 unspecified atom stereocenters. The highest BCUT2D eigenvalue weighted by atomic mass is 32.2. The lowest BCUT2D eigenvalue weighted by molar-refractivity contribution is -0.123. The molecule has 0 aliphatic carbocycles. The van der Waals surface area contributed by atoms with Crippen LogP contribution in [0.2, 0.25) is 0 Å². The molecular formula is C25H27N3O3S. The van der Waals surface area contributed by atoms with Gasteiger partial charge in [-0.1, -0.05) is 50.7 Å². The van der Waals surface area contributed by atoms with Crippen molar-refractivity contribution in [3.05, 3.63) is 64.4 Å². The van der Waals surface area contributed by atoms with Crippen LogP contribution in [-0.4, -0.2) is 45.0 Å². The number of thioether (sulfide) groups is 1. The third kappa shape index (κ3) is 4.48. The van der Waals surface area contributed by atoms with Crippen molar-refractivity contribution in [3.63, 3.8) is 0 Å². The molecular weight excluding hydrogens is 422 g/mol. The van der Waals surface area contributed by atoms with Crippen LogP contribution in [0.25, 0.3) is 16.6 Å². The van der Waals surface area contributed by atoms with Gasteiger partial charge in [-0.25, -0.2) is 4.98 Å². The second kappa shape index (κ2) is 8.90. The maximum atomic E-state index is 13.5. The molecule has 6 nitrogen and oxygen atoms in total. The molecule has 0 saturated carbocycles. The summed E-state index contributed by atoms with van der Waals surface area (Å²) in [6, 6.07) is 14.4. The average molecular weight is 450 g/mol. The second-order valence-electron chi connectivity index (χ2n) is 9.06. The number of aromatic nitrogens is 2. The van der Waals surface area contributed by atoms with Crippen molar-refractivity contribution in [2.75, 3.05) is 18.8 Å². The Labute approximate surface area is 191 Å². The number of rotatable bonds is 5. The first-order chi connectivity index (χ1) is 15.3. The molecule has 2 heterocycles. The van der Waals surface area contributed by atoms with Gasteiger partial charge in [0.25, 0.3) is 11.5 Å². The number of hydrogen-bond acceptors (Lipinski definition) is 5. The van der Waals surface area contributed by atoms with Crippen molar-refractivity contribution in [1.82, 2.24) is 14.5 Å². The molecule has 1 amide bonds. The first-order valence-corrected chi connectivity index (χ1v) is 11.8. The maximum absolute atomic E-state index is 13.5. The van der Waals surface area contributed by atoms with E-state index in [1.54, 1.807) is 22.8 Å². The summed E-state index contributed by atoms with van der Waals surface area (Å²) in [6.07, 6.45) is 2.03. The van der Waals surface area contributed by atoms with Crippen molar-refractivity contribution in [2.45, 2.75) is 38.8 Å². The van der Waals surface area contributed by atoms with Gasteiger partial charge >= 0.3 is 0 Å². The zero-order valence-corrected chi connectivity index (χ0v) is 19.4. The average Bonchev–Trinajstić information content (AvgIpc) is 3.31. The van der Waals surface area contributed by atoms with Crippen LogP contribution >= 0.6 is 11.8 Å². The number of carbonyl (C=O) groups excluding carboxylic acids is 2. The van der Waals surface area contributed by atoms with Gasteiger partial charge in [0.05, 0.1) is 22.3 Å². The summed E-state index contributed by atoms with van der Waals surface area (Å²) in [5.74, 6) is 0.255. The number of hydrogen-bond donors (Lipinski definition) is 0. The molecule has 0 radical (unpaired) electrons. The fraction of sp³-hybridized carbons (Fsp3) is 0.360. The van der Waals surface area contributed by atoms with Gasteiger partial charge in [-0.3, -0.25) is 19.0 Å². The third-order valence-electron chi connectivity index (χ3n) is 5.66. The third-order valence-corrected chi connectivity index (χ3v) is 6.60. The smallest absolute Gasteiger partial charge is 0.266 e. The van der Waals surface area contributed by atoms with Crippen molar-refractivity contribution in [2.24, 2.45) is 5.41 Å². The topological polar surface area (TPSA) is 72.3 Å². The van der Waals surface area contributed by atoms with Gasteiger partial charge < -0.3 is 4.90 Å². The number of Topliss-reactive ketones (excluding diaryl/α,β-unsaturated/α-hetero) is 1. The minimum atomic E-state index is -0.475. The van der Waals surface area contributed by atoms with Gasteiger partial charge in [0.2, 0.25) is 0 Å². The first kappa shape index (κ1) is 22.3. The molecule has 1 aromatic heterocycles. The van der Waals surface area contributed by atoms with E-state index in [9.17, 15) is 14.4 Å². The number of para-hydroxylation sites is 1. The Balaban J connectivity index is 1.80. The zero-order valence-electron chi connectivity index (χ0n) is 18.6. The van der Waals surface area contributed by atoms with E-state index in [2.05, 4.69) is 0 Å². The second-order valence-corrected chi connectivity index (χ2v) is 10.0. The molecule has 0 bridgehead atoms. The van der Waals surface area contributed by atoms with Crippen molar-refractivity contribution >= 4 is 34.4 Å². The Kier molecular flexibility index (Phi) is 6.20. The monoisotopic (exact) mass is 449 g/mol. The predicted octanol–water partition coefficient (Wildman–Crippen LogP) is 4.33. The normalized spacial score (nSPS) is 14.2. The Morgan fingerprint density at radius 1 is 1.03 bits per heavy atom. The van der Waals surface area contributed by atoms with Crippen LogP contribution in [0.4, 0.5) is 0 Å². The Bertz CT molecular complexity index is 1220. The quantitative estimate of drug-likeness (QED) is 0.428. The molecule has 3 aromatic rings. The highest BCUT2D eigenvalue weighted by molar-refractivity contribution is 7.99. The fourth-order valence-corrected chi connectivity index (χ4v) is 4.82. The minimum Gasteiger partial charge on any atom is -0.339 e. The van der Waals surface area contributed by atoms with E-state index in [0.717, 1.165) is 25.9 Å². The van der Waals surface area contributed by atoms with Crippen LogP contribution in [0.3, 0.4) is 0 Å². The largest absolute Gasteiger partial charge is 0.339 e. The van der Waals surface area contributed by atoms with E-state index in [-0.39, 0.29) is 23.0 Å². The van der Waals surface area contributed by atoms with Crippen LogP contribution in [0, 0.1) is 5.41 Å². The summed E-state index contributed by atoms with van der Waals surface area (Å²) in [6.45, 7) is 7.16. The summed E-state index contributed by atoms with van der Waals surface area (Å²) in [4.78, 5) is 45.4. The summed E-state index contributed by atoms with van der Waals surface area (Å²) in [5.41, 5.74) is 1.00. The fourth-order valence-electron chi connectivity index (χ4n) is 3.65. The van der Waals surface area contributed by atoms with Gasteiger partial charge in [-0.15, -0.1) is 0 Å². The van der Waals surface area contributed by atoms with E-state index < -0.39 is 5.41 Å². The minimum absolute atomic E-state index is 0.0319. The molecule has 1 saturated heterocycles. The van der Waals surface area contributed by atoms with Gasteiger partial charge in [-0.2, -0.15) is 0 Å². The molecule has 0 N–H and O–H groups in total. The summed E-state index contributed by atoms with van der Waals surface area (Å²) in [5, 5.41) is 0.885. The van der Waals surface area contributed by atoms with E-state index in [4.69, 9.17) is 4.98 Å². The summed E-state index contributed by atoms with van der Waals surface area (Å²) < 4.78 is 1.55. The Morgan fingerprint density at radius 2 is 1.72 bits per heavy atom. The van der Waals surface area contributed by atoms with Gasteiger partial charge in [0.1, 0.15) is 5.78 Å². The number of likely N-dealkylation sites (tertiary alicyclic amines) is 1. The molecule has 1 aliphatic rings. The molecule has 32 heavy (non-hydrogen) atoms. The SMILES string of the molecule is CC(C)(C)C(=O)CSc1nc2cc(C(=O)N3CCCC3)ccc2c(=O)n1-c1ccccc1. The molecule has 1 aliphatic heterocycles. The van der Waals surface area contributed by atoms with E-state index in [0.29, 0.717) is 27.3 Å². The number of ketones is 1. The standard InChI is InChI=1S/C25H27N3O3S/c1-25(2,3)21(29)16-32-24-26-20-15-17(22(30)27-13-7-8-14-27)11-12-19(20)23(31)28(24)18-9-5-4-6-10-18/h4-6,9-12,15H,7-8,13-14,16H2,1-3H3. The lowest BCUT2D eigenvalue weighted by Gasteiger charge is -2.18. The van der Waals surface area contributed by atoms with Crippen LogP contribution in [0.5, 0.6) is 0 Å². The molecule has 166 valence electrons. The van der Waals surface area contributed by atoms with Crippen molar-refractivity contribution in [3.8, 4) is 5.69 Å². The molecule has 2 aromatic carbocycles. The number of benzene rings is 2. The summed E-state index contributed by atoms with van der Waals surface area (Å²) >= 11 is 1.25. The lowest BCUT2D eigenvalue weighted by atomic mass is 9.92. The highest BCUT2D eigenvalue weighted by Gasteiger charge is 2.24. The lowest BCUT2D eigenvalue weighted by Crippen LogP contribution is -2.28. The number of carbonyl (C=O) groups is 2. The molecule has 1 fully saturated rings. The van der Waals surface area contributed by atoms with E-state index >= 15 is 0 Å². The number of fused-ring (bicyclic) bond motifs is 1. The van der Waals surface area contributed by atoms with E-state index in [1.807, 2.05) is 56.0 Å². The molecule has 4 rings (SSSR count). The van der Waals surface area contributed by atoms with Crippen LogP contribution in [-0.2, 0) is 4.79 Å². The summed E-state index contributed by atoms with van der Waals surface area (Å²) in [7, 11) is 0. The Morgan fingerprint density at radius 3 is 2.38 bits per heavy atom. The Hall–Kier alpha value is -2.93. The van der Waals surface area contributed by atoms with Gasteiger partial charge in [-0.05, 0) is 43.2 Å². The van der Waals surface area contributed by atoms with Crippen molar-refractivity contribution in [1.29, 1.82) is 0 Å². The van der Waals surface area contributed by atoms with Crippen LogP contribution < -0.4 is 5.56 Å². The maximum Gasteiger partial charge on any atom is 0.266 e. The predicted molar refractivity (Wildman–Crippen MR) is 128 cm³/mol. The first-order valence-electron chi connectivity index (χ1n) is 10.8. The molecule has 0 atom stereocenters. The van der Waals surface area contributed by atoms with Crippen LogP contribution in [0.15, 0.2) is 58.5 Å². The van der Waals surface area contributed by atoms with Gasteiger partial charge in [0, 0.05) is 24.1 Å².